The number of carbonyl (C=O) groups is 1. The fourth-order valence-electron chi connectivity index (χ4n) is 3.30. The quantitative estimate of drug-likeness (QED) is 0.760. The Kier molecular flexibility index (Phi) is 4.28. The molecule has 25 heavy (non-hydrogen) atoms. The number of benzene rings is 1. The van der Waals surface area contributed by atoms with Crippen molar-refractivity contribution in [3.05, 3.63) is 48.5 Å². The molecule has 1 aliphatic rings. The molecular weight excluding hydrogens is 316 g/mol. The average Bonchev–Trinajstić information content (AvgIpc) is 3.16. The van der Waals surface area contributed by atoms with E-state index in [4.69, 9.17) is 0 Å². The third-order valence-corrected chi connectivity index (χ3v) is 4.60. The first kappa shape index (κ1) is 15.6. The van der Waals surface area contributed by atoms with Crippen molar-refractivity contribution in [1.82, 2.24) is 25.3 Å². The van der Waals surface area contributed by atoms with Crippen molar-refractivity contribution in [2.75, 3.05) is 18.0 Å². The zero-order valence-electron chi connectivity index (χ0n) is 13.9. The maximum atomic E-state index is 12.6. The molecule has 2 aromatic heterocycles. The molecule has 4 rings (SSSR count). The topological polar surface area (TPSA) is 86.8 Å². The lowest BCUT2D eigenvalue weighted by atomic mass is 9.97. The Balaban J connectivity index is 1.44. The molecule has 128 valence electrons. The van der Waals surface area contributed by atoms with Crippen LogP contribution in [0.2, 0.25) is 0 Å². The number of imidazole rings is 1. The highest BCUT2D eigenvalue weighted by Crippen LogP contribution is 2.25. The monoisotopic (exact) mass is 336 g/mol. The zero-order chi connectivity index (χ0) is 17.1. The van der Waals surface area contributed by atoms with Crippen LogP contribution in [0.4, 0.5) is 5.82 Å². The maximum absolute atomic E-state index is 12.6. The van der Waals surface area contributed by atoms with Gasteiger partial charge < -0.3 is 15.2 Å². The van der Waals surface area contributed by atoms with Gasteiger partial charge in [-0.2, -0.15) is 0 Å². The first-order chi connectivity index (χ1) is 12.3. The summed E-state index contributed by atoms with van der Waals surface area (Å²) in [6.07, 6.45) is 5.01. The number of hydrogen-bond donors (Lipinski definition) is 2. The van der Waals surface area contributed by atoms with E-state index in [0.29, 0.717) is 18.7 Å². The van der Waals surface area contributed by atoms with Crippen LogP contribution >= 0.6 is 0 Å². The minimum Gasteiger partial charge on any atom is -0.354 e. The second kappa shape index (κ2) is 6.88. The number of aromatic nitrogens is 4. The van der Waals surface area contributed by atoms with E-state index >= 15 is 0 Å². The molecule has 7 nitrogen and oxygen atoms in total. The fraction of sp³-hybridized carbons (Fsp3) is 0.333. The number of hydrogen-bond acceptors (Lipinski definition) is 5. The Morgan fingerprint density at radius 2 is 2.12 bits per heavy atom. The number of piperidine rings is 1. The van der Waals surface area contributed by atoms with Gasteiger partial charge in [-0.15, -0.1) is 0 Å². The van der Waals surface area contributed by atoms with Crippen LogP contribution < -0.4 is 10.2 Å². The molecule has 3 aromatic rings. The number of H-pyrrole nitrogens is 1. The van der Waals surface area contributed by atoms with E-state index in [0.717, 1.165) is 36.3 Å². The second-order valence-electron chi connectivity index (χ2n) is 6.29. The molecule has 0 spiro atoms. The molecule has 1 unspecified atom stereocenters. The molecule has 2 N–H and O–H groups in total. The second-order valence-corrected chi connectivity index (χ2v) is 6.29. The predicted octanol–water partition coefficient (Wildman–Crippen LogP) is 1.89. The van der Waals surface area contributed by atoms with Gasteiger partial charge in [-0.1, -0.05) is 30.3 Å². The number of rotatable bonds is 4. The maximum Gasteiger partial charge on any atom is 0.225 e. The summed E-state index contributed by atoms with van der Waals surface area (Å²) >= 11 is 0. The van der Waals surface area contributed by atoms with Crippen LogP contribution in [0, 0.1) is 5.92 Å². The van der Waals surface area contributed by atoms with Gasteiger partial charge in [-0.05, 0) is 18.4 Å². The molecule has 1 amide bonds. The van der Waals surface area contributed by atoms with Crippen molar-refractivity contribution >= 4 is 22.9 Å². The minimum absolute atomic E-state index is 0.0367. The number of amides is 1. The van der Waals surface area contributed by atoms with Crippen LogP contribution in [0.3, 0.4) is 0 Å². The smallest absolute Gasteiger partial charge is 0.225 e. The molecule has 1 aliphatic heterocycles. The Bertz CT molecular complexity index is 862. The highest BCUT2D eigenvalue weighted by atomic mass is 16.1. The highest BCUT2D eigenvalue weighted by molar-refractivity contribution is 5.84. The van der Waals surface area contributed by atoms with Gasteiger partial charge in [0.2, 0.25) is 5.91 Å². The molecular formula is C18H20N6O. The molecule has 0 bridgehead atoms. The van der Waals surface area contributed by atoms with Crippen molar-refractivity contribution in [2.24, 2.45) is 5.92 Å². The van der Waals surface area contributed by atoms with E-state index in [2.05, 4.69) is 30.2 Å². The Morgan fingerprint density at radius 3 is 3.00 bits per heavy atom. The van der Waals surface area contributed by atoms with Crippen LogP contribution in [-0.2, 0) is 11.3 Å². The van der Waals surface area contributed by atoms with Crippen molar-refractivity contribution in [1.29, 1.82) is 0 Å². The average molecular weight is 336 g/mol. The Morgan fingerprint density at radius 1 is 1.24 bits per heavy atom. The van der Waals surface area contributed by atoms with Gasteiger partial charge in [0.1, 0.15) is 11.8 Å². The van der Waals surface area contributed by atoms with Gasteiger partial charge in [0, 0.05) is 19.6 Å². The van der Waals surface area contributed by atoms with Crippen LogP contribution in [-0.4, -0.2) is 38.9 Å². The summed E-state index contributed by atoms with van der Waals surface area (Å²) in [6.45, 7) is 2.10. The van der Waals surface area contributed by atoms with Gasteiger partial charge >= 0.3 is 0 Å². The van der Waals surface area contributed by atoms with E-state index in [9.17, 15) is 4.79 Å². The van der Waals surface area contributed by atoms with Gasteiger partial charge in [-0.25, -0.2) is 15.0 Å². The lowest BCUT2D eigenvalue weighted by Crippen LogP contribution is -2.43. The molecule has 1 saturated heterocycles. The van der Waals surface area contributed by atoms with E-state index in [-0.39, 0.29) is 11.8 Å². The summed E-state index contributed by atoms with van der Waals surface area (Å²) in [6, 6.07) is 9.97. The first-order valence-corrected chi connectivity index (χ1v) is 8.52. The lowest BCUT2D eigenvalue weighted by molar-refractivity contribution is -0.125. The molecule has 1 atom stereocenters. The Labute approximate surface area is 145 Å². The number of aromatic amines is 1. The number of nitrogens with zero attached hydrogens (tertiary/aromatic N) is 4. The standard InChI is InChI=1S/C18H20N6O/c25-18(19-9-13-5-2-1-3-6-13)14-7-4-8-24(10-14)17-15-16(21-11-20-15)22-12-23-17/h1-3,5-6,11-12,14H,4,7-10H2,(H,19,25)(H,20,21,22,23). The van der Waals surface area contributed by atoms with Crippen molar-refractivity contribution in [3.63, 3.8) is 0 Å². The first-order valence-electron chi connectivity index (χ1n) is 8.52. The summed E-state index contributed by atoms with van der Waals surface area (Å²) in [5.41, 5.74) is 2.59. The molecule has 3 heterocycles. The zero-order valence-corrected chi connectivity index (χ0v) is 13.9. The summed E-state index contributed by atoms with van der Waals surface area (Å²) in [4.78, 5) is 30.6. The normalized spacial score (nSPS) is 17.6. The summed E-state index contributed by atoms with van der Waals surface area (Å²) in [5, 5.41) is 3.05. The lowest BCUT2D eigenvalue weighted by Gasteiger charge is -2.32. The third-order valence-electron chi connectivity index (χ3n) is 4.60. The highest BCUT2D eigenvalue weighted by Gasteiger charge is 2.27. The van der Waals surface area contributed by atoms with Crippen molar-refractivity contribution < 1.29 is 4.79 Å². The van der Waals surface area contributed by atoms with Crippen LogP contribution in [0.1, 0.15) is 18.4 Å². The van der Waals surface area contributed by atoms with E-state index in [1.54, 1.807) is 6.33 Å². The van der Waals surface area contributed by atoms with E-state index in [1.807, 2.05) is 30.3 Å². The van der Waals surface area contributed by atoms with E-state index in [1.165, 1.54) is 6.33 Å². The number of anilines is 1. The molecule has 1 fully saturated rings. The third kappa shape index (κ3) is 3.31. The van der Waals surface area contributed by atoms with E-state index < -0.39 is 0 Å². The van der Waals surface area contributed by atoms with Gasteiger partial charge in [0.05, 0.1) is 12.2 Å². The molecule has 0 saturated carbocycles. The van der Waals surface area contributed by atoms with Gasteiger partial charge in [0.15, 0.2) is 11.5 Å². The molecule has 1 aromatic carbocycles. The molecule has 0 radical (unpaired) electrons. The van der Waals surface area contributed by atoms with Gasteiger partial charge in [0.25, 0.3) is 0 Å². The SMILES string of the molecule is O=C(NCc1ccccc1)C1CCCN(c2ncnc3nc[nH]c23)C1. The fourth-order valence-corrected chi connectivity index (χ4v) is 3.30. The minimum atomic E-state index is -0.0367. The van der Waals surface area contributed by atoms with Gasteiger partial charge in [-0.3, -0.25) is 4.79 Å². The van der Waals surface area contributed by atoms with Crippen LogP contribution in [0.15, 0.2) is 43.0 Å². The number of nitrogens with one attached hydrogen (secondary N) is 2. The largest absolute Gasteiger partial charge is 0.354 e. The summed E-state index contributed by atoms with van der Waals surface area (Å²) in [7, 11) is 0. The molecule has 7 heteroatoms. The van der Waals surface area contributed by atoms with Crippen LogP contribution in [0.25, 0.3) is 11.2 Å². The molecule has 0 aliphatic carbocycles. The Hall–Kier alpha value is -2.96. The van der Waals surface area contributed by atoms with Crippen LogP contribution in [0.5, 0.6) is 0 Å². The van der Waals surface area contributed by atoms with Crippen molar-refractivity contribution in [2.45, 2.75) is 19.4 Å². The summed E-state index contributed by atoms with van der Waals surface area (Å²) in [5.74, 6) is 0.886. The number of fused-ring (bicyclic) bond motifs is 1. The number of carbonyl (C=O) groups excluding carboxylic acids is 1. The van der Waals surface area contributed by atoms with Crippen molar-refractivity contribution in [3.8, 4) is 0 Å². The predicted molar refractivity (Wildman–Crippen MR) is 94.9 cm³/mol. The summed E-state index contributed by atoms with van der Waals surface area (Å²) < 4.78 is 0.